The lowest BCUT2D eigenvalue weighted by atomic mass is 10.0. The van der Waals surface area contributed by atoms with Gasteiger partial charge in [-0.25, -0.2) is 26.9 Å². The van der Waals surface area contributed by atoms with E-state index in [2.05, 4.69) is 10.3 Å². The summed E-state index contributed by atoms with van der Waals surface area (Å²) in [6.45, 7) is 4.08. The molecular weight excluding hydrogens is 431 g/mol. The number of rotatable bonds is 4. The van der Waals surface area contributed by atoms with E-state index >= 15 is 0 Å². The van der Waals surface area contributed by atoms with Crippen molar-refractivity contribution < 1.29 is 31.2 Å². The van der Waals surface area contributed by atoms with Crippen molar-refractivity contribution in [1.82, 2.24) is 4.98 Å². The fourth-order valence-corrected chi connectivity index (χ4v) is 3.15. The SMILES string of the molecule is CC(C)c1ccc2oc(-c3cccc(NC(=O)c4c(F)c(F)c(F)c(F)c4F)c3)nc2c1. The molecule has 0 bridgehead atoms. The van der Waals surface area contributed by atoms with Gasteiger partial charge in [-0.15, -0.1) is 0 Å². The molecule has 0 saturated carbocycles. The number of halogens is 5. The molecule has 0 atom stereocenters. The molecule has 1 amide bonds. The maximum Gasteiger partial charge on any atom is 0.261 e. The normalized spacial score (nSPS) is 11.4. The molecule has 4 aromatic rings. The Labute approximate surface area is 178 Å². The molecule has 0 fully saturated rings. The Hall–Kier alpha value is -3.75. The smallest absolute Gasteiger partial charge is 0.261 e. The highest BCUT2D eigenvalue weighted by Gasteiger charge is 2.29. The van der Waals surface area contributed by atoms with Crippen molar-refractivity contribution in [2.45, 2.75) is 19.8 Å². The van der Waals surface area contributed by atoms with Crippen LogP contribution in [-0.2, 0) is 0 Å². The number of oxazole rings is 1. The van der Waals surface area contributed by atoms with Crippen LogP contribution in [0.1, 0.15) is 35.7 Å². The molecule has 164 valence electrons. The highest BCUT2D eigenvalue weighted by atomic mass is 19.2. The summed E-state index contributed by atoms with van der Waals surface area (Å²) in [7, 11) is 0. The largest absolute Gasteiger partial charge is 0.436 e. The molecule has 1 heterocycles. The van der Waals surface area contributed by atoms with E-state index in [-0.39, 0.29) is 11.6 Å². The molecule has 4 rings (SSSR count). The minimum absolute atomic E-state index is 0.0431. The van der Waals surface area contributed by atoms with Gasteiger partial charge in [-0.05, 0) is 41.8 Å². The van der Waals surface area contributed by atoms with Gasteiger partial charge in [0.1, 0.15) is 11.1 Å². The number of nitrogens with zero attached hydrogens (tertiary/aromatic N) is 1. The number of benzene rings is 3. The predicted molar refractivity (Wildman–Crippen MR) is 108 cm³/mol. The maximum atomic E-state index is 13.9. The summed E-state index contributed by atoms with van der Waals surface area (Å²) in [6.07, 6.45) is 0. The van der Waals surface area contributed by atoms with E-state index < -0.39 is 40.6 Å². The maximum absolute atomic E-state index is 13.9. The Kier molecular flexibility index (Phi) is 5.41. The summed E-state index contributed by atoms with van der Waals surface area (Å²) < 4.78 is 73.6. The summed E-state index contributed by atoms with van der Waals surface area (Å²) in [6, 6.07) is 11.5. The zero-order valence-electron chi connectivity index (χ0n) is 16.8. The standard InChI is InChI=1S/C23H15F5N2O2/c1-10(2)11-6-7-15-14(9-11)30-23(32-15)12-4-3-5-13(8-12)29-22(31)16-17(24)19(26)21(28)20(27)18(16)25/h3-10H,1-2H3,(H,29,31). The fraction of sp³-hybridized carbons (Fsp3) is 0.130. The molecule has 3 aromatic carbocycles. The van der Waals surface area contributed by atoms with Gasteiger partial charge >= 0.3 is 0 Å². The van der Waals surface area contributed by atoms with Gasteiger partial charge in [0.2, 0.25) is 11.7 Å². The average molecular weight is 446 g/mol. The zero-order chi connectivity index (χ0) is 23.2. The van der Waals surface area contributed by atoms with Crippen LogP contribution in [0.5, 0.6) is 0 Å². The summed E-state index contributed by atoms with van der Waals surface area (Å²) in [5, 5.41) is 2.14. The van der Waals surface area contributed by atoms with Crippen LogP contribution < -0.4 is 5.32 Å². The van der Waals surface area contributed by atoms with Gasteiger partial charge in [-0.1, -0.05) is 26.0 Å². The van der Waals surface area contributed by atoms with Crippen LogP contribution in [0.4, 0.5) is 27.6 Å². The van der Waals surface area contributed by atoms with E-state index in [0.717, 1.165) is 5.56 Å². The molecule has 32 heavy (non-hydrogen) atoms. The number of carbonyl (C=O) groups is 1. The van der Waals surface area contributed by atoms with Gasteiger partial charge < -0.3 is 9.73 Å². The monoisotopic (exact) mass is 446 g/mol. The van der Waals surface area contributed by atoms with E-state index in [9.17, 15) is 26.7 Å². The lowest BCUT2D eigenvalue weighted by molar-refractivity contribution is 0.101. The summed E-state index contributed by atoms with van der Waals surface area (Å²) in [5.74, 6) is -12.1. The fourth-order valence-electron chi connectivity index (χ4n) is 3.15. The van der Waals surface area contributed by atoms with Crippen LogP contribution >= 0.6 is 0 Å². The van der Waals surface area contributed by atoms with Gasteiger partial charge in [-0.2, -0.15) is 0 Å². The number of hydrogen-bond acceptors (Lipinski definition) is 3. The number of fused-ring (bicyclic) bond motifs is 1. The minimum Gasteiger partial charge on any atom is -0.436 e. The second-order valence-electron chi connectivity index (χ2n) is 7.38. The first-order valence-corrected chi connectivity index (χ1v) is 9.51. The van der Waals surface area contributed by atoms with Crippen molar-refractivity contribution in [1.29, 1.82) is 0 Å². The molecule has 0 aliphatic carbocycles. The number of carbonyl (C=O) groups excluding carboxylic acids is 1. The van der Waals surface area contributed by atoms with E-state index in [1.165, 1.54) is 18.2 Å². The molecule has 1 N–H and O–H groups in total. The lowest BCUT2D eigenvalue weighted by Crippen LogP contribution is -2.19. The third-order valence-corrected chi connectivity index (χ3v) is 4.88. The number of aromatic nitrogens is 1. The highest BCUT2D eigenvalue weighted by molar-refractivity contribution is 6.05. The number of nitrogens with one attached hydrogen (secondary N) is 1. The Bertz CT molecular complexity index is 1340. The molecule has 0 saturated heterocycles. The van der Waals surface area contributed by atoms with Crippen LogP contribution in [-0.4, -0.2) is 10.9 Å². The van der Waals surface area contributed by atoms with Crippen LogP contribution in [0, 0.1) is 29.1 Å². The number of amides is 1. The summed E-state index contributed by atoms with van der Waals surface area (Å²) >= 11 is 0. The van der Waals surface area contributed by atoms with Gasteiger partial charge in [0.25, 0.3) is 5.91 Å². The van der Waals surface area contributed by atoms with Crippen molar-refractivity contribution in [2.75, 3.05) is 5.32 Å². The van der Waals surface area contributed by atoms with Gasteiger partial charge in [0.15, 0.2) is 28.9 Å². The van der Waals surface area contributed by atoms with Crippen molar-refractivity contribution in [3.8, 4) is 11.5 Å². The average Bonchev–Trinajstić information content (AvgIpc) is 3.20. The highest BCUT2D eigenvalue weighted by Crippen LogP contribution is 2.29. The molecule has 0 spiro atoms. The van der Waals surface area contributed by atoms with E-state index in [1.807, 2.05) is 26.0 Å². The van der Waals surface area contributed by atoms with E-state index in [4.69, 9.17) is 4.42 Å². The molecule has 0 unspecified atom stereocenters. The number of hydrogen-bond donors (Lipinski definition) is 1. The first-order chi connectivity index (χ1) is 15.2. The third-order valence-electron chi connectivity index (χ3n) is 4.88. The van der Waals surface area contributed by atoms with Gasteiger partial charge in [-0.3, -0.25) is 4.79 Å². The Morgan fingerprint density at radius 1 is 0.906 bits per heavy atom. The lowest BCUT2D eigenvalue weighted by Gasteiger charge is -2.09. The third kappa shape index (κ3) is 3.70. The Balaban J connectivity index is 1.66. The zero-order valence-corrected chi connectivity index (χ0v) is 16.8. The minimum atomic E-state index is -2.34. The van der Waals surface area contributed by atoms with Crippen molar-refractivity contribution >= 4 is 22.7 Å². The van der Waals surface area contributed by atoms with Crippen molar-refractivity contribution in [3.63, 3.8) is 0 Å². The van der Waals surface area contributed by atoms with Crippen LogP contribution in [0.3, 0.4) is 0 Å². The molecule has 9 heteroatoms. The Morgan fingerprint density at radius 2 is 1.56 bits per heavy atom. The summed E-state index contributed by atoms with van der Waals surface area (Å²) in [4.78, 5) is 16.7. The first kappa shape index (κ1) is 21.5. The van der Waals surface area contributed by atoms with Crippen LogP contribution in [0.2, 0.25) is 0 Å². The molecule has 4 nitrogen and oxygen atoms in total. The molecule has 0 radical (unpaired) electrons. The molecule has 0 aliphatic rings. The van der Waals surface area contributed by atoms with Gasteiger partial charge in [0.05, 0.1) is 0 Å². The van der Waals surface area contributed by atoms with Crippen molar-refractivity contribution in [2.24, 2.45) is 0 Å². The second-order valence-corrected chi connectivity index (χ2v) is 7.38. The Morgan fingerprint density at radius 3 is 2.22 bits per heavy atom. The van der Waals surface area contributed by atoms with E-state index in [1.54, 1.807) is 12.1 Å². The molecular formula is C23H15F5N2O2. The second kappa shape index (κ2) is 8.07. The first-order valence-electron chi connectivity index (χ1n) is 9.51. The van der Waals surface area contributed by atoms with Crippen LogP contribution in [0.15, 0.2) is 46.9 Å². The predicted octanol–water partition coefficient (Wildman–Crippen LogP) is 6.57. The van der Waals surface area contributed by atoms with Crippen molar-refractivity contribution in [3.05, 3.63) is 82.7 Å². The molecule has 1 aromatic heterocycles. The molecule has 0 aliphatic heterocycles. The topological polar surface area (TPSA) is 55.1 Å². The van der Waals surface area contributed by atoms with Gasteiger partial charge in [0, 0.05) is 11.3 Å². The van der Waals surface area contributed by atoms with E-state index in [0.29, 0.717) is 22.6 Å². The van der Waals surface area contributed by atoms with Crippen LogP contribution in [0.25, 0.3) is 22.6 Å². The number of anilines is 1. The summed E-state index contributed by atoms with van der Waals surface area (Å²) in [5.41, 5.74) is 1.14. The quantitative estimate of drug-likeness (QED) is 0.219.